The van der Waals surface area contributed by atoms with Crippen LogP contribution in [0.25, 0.3) is 11.0 Å². The number of amides is 1. The van der Waals surface area contributed by atoms with E-state index in [1.807, 2.05) is 0 Å². The van der Waals surface area contributed by atoms with Gasteiger partial charge in [-0.05, 0) is 52.0 Å². The highest BCUT2D eigenvalue weighted by Crippen LogP contribution is 2.19. The molecular formula is C17H21NO4. The second-order valence-electron chi connectivity index (χ2n) is 6.30. The minimum Gasteiger partial charge on any atom is -0.464 e. The Hall–Kier alpha value is -2.30. The number of carbonyl (C=O) groups is 2. The molecule has 0 radical (unpaired) electrons. The summed E-state index contributed by atoms with van der Waals surface area (Å²) < 4.78 is 10.5. The van der Waals surface area contributed by atoms with Crippen LogP contribution in [0.15, 0.2) is 34.9 Å². The van der Waals surface area contributed by atoms with Crippen LogP contribution in [0.2, 0.25) is 0 Å². The Morgan fingerprint density at radius 1 is 1.23 bits per heavy atom. The Morgan fingerprint density at radius 3 is 2.55 bits per heavy atom. The van der Waals surface area contributed by atoms with Gasteiger partial charge in [0.2, 0.25) is 0 Å². The monoisotopic (exact) mass is 303 g/mol. The van der Waals surface area contributed by atoms with Crippen molar-refractivity contribution in [3.05, 3.63) is 36.1 Å². The number of benzene rings is 1. The number of likely N-dealkylation sites (N-methyl/N-ethyl adjacent to an activating group) is 1. The Kier molecular flexibility index (Phi) is 4.26. The van der Waals surface area contributed by atoms with E-state index in [1.54, 1.807) is 65.3 Å². The number of Topliss-reactive ketones (excluding diaryl/α,β-unsaturated/α-hetero) is 1. The van der Waals surface area contributed by atoms with E-state index >= 15 is 0 Å². The maximum atomic E-state index is 12.5. The van der Waals surface area contributed by atoms with Gasteiger partial charge in [-0.2, -0.15) is 0 Å². The van der Waals surface area contributed by atoms with Crippen LogP contribution in [0.3, 0.4) is 0 Å². The van der Waals surface area contributed by atoms with E-state index in [2.05, 4.69) is 0 Å². The Balaban J connectivity index is 2.15. The SMILES string of the molecule is C[C@H](C(=O)c1ccc2occc2c1)N(C)C(=O)OC(C)(C)C. The summed E-state index contributed by atoms with van der Waals surface area (Å²) in [5, 5.41) is 0.859. The lowest BCUT2D eigenvalue weighted by molar-refractivity contribution is 0.0231. The van der Waals surface area contributed by atoms with Gasteiger partial charge in [-0.15, -0.1) is 0 Å². The molecule has 0 N–H and O–H groups in total. The van der Waals surface area contributed by atoms with Crippen LogP contribution in [0.5, 0.6) is 0 Å². The van der Waals surface area contributed by atoms with Gasteiger partial charge in [-0.1, -0.05) is 0 Å². The van der Waals surface area contributed by atoms with Crippen LogP contribution >= 0.6 is 0 Å². The lowest BCUT2D eigenvalue weighted by Gasteiger charge is -2.28. The molecule has 0 saturated carbocycles. The third-order valence-corrected chi connectivity index (χ3v) is 3.38. The molecule has 1 amide bonds. The molecule has 0 bridgehead atoms. The van der Waals surface area contributed by atoms with E-state index < -0.39 is 17.7 Å². The zero-order valence-electron chi connectivity index (χ0n) is 13.5. The highest BCUT2D eigenvalue weighted by atomic mass is 16.6. The summed E-state index contributed by atoms with van der Waals surface area (Å²) in [6.07, 6.45) is 1.06. The lowest BCUT2D eigenvalue weighted by atomic mass is 10.0. The molecule has 1 heterocycles. The second kappa shape index (κ2) is 5.83. The summed E-state index contributed by atoms with van der Waals surface area (Å²) in [6.45, 7) is 7.06. The third-order valence-electron chi connectivity index (χ3n) is 3.38. The first-order chi connectivity index (χ1) is 10.2. The number of hydrogen-bond donors (Lipinski definition) is 0. The molecule has 0 saturated heterocycles. The van der Waals surface area contributed by atoms with E-state index in [0.29, 0.717) is 5.56 Å². The van der Waals surface area contributed by atoms with Crippen molar-refractivity contribution in [2.45, 2.75) is 39.3 Å². The predicted molar refractivity (Wildman–Crippen MR) is 84.0 cm³/mol. The summed E-state index contributed by atoms with van der Waals surface area (Å²) in [6, 6.07) is 6.41. The number of furan rings is 1. The molecule has 22 heavy (non-hydrogen) atoms. The van der Waals surface area contributed by atoms with Gasteiger partial charge in [-0.3, -0.25) is 4.79 Å². The van der Waals surface area contributed by atoms with Crippen molar-refractivity contribution in [1.29, 1.82) is 0 Å². The van der Waals surface area contributed by atoms with Crippen LogP contribution in [-0.4, -0.2) is 35.5 Å². The molecule has 0 aliphatic heterocycles. The molecule has 0 fully saturated rings. The molecular weight excluding hydrogens is 282 g/mol. The van der Waals surface area contributed by atoms with Crippen molar-refractivity contribution >= 4 is 22.8 Å². The molecule has 1 atom stereocenters. The molecule has 0 spiro atoms. The van der Waals surface area contributed by atoms with Crippen LogP contribution < -0.4 is 0 Å². The van der Waals surface area contributed by atoms with Gasteiger partial charge in [0.25, 0.3) is 0 Å². The van der Waals surface area contributed by atoms with Gasteiger partial charge in [0.05, 0.1) is 12.3 Å². The number of ketones is 1. The summed E-state index contributed by atoms with van der Waals surface area (Å²) in [5.74, 6) is -0.142. The van der Waals surface area contributed by atoms with Crippen LogP contribution in [0, 0.1) is 0 Å². The van der Waals surface area contributed by atoms with Crippen LogP contribution in [0.1, 0.15) is 38.1 Å². The van der Waals surface area contributed by atoms with Gasteiger partial charge in [0.15, 0.2) is 5.78 Å². The number of fused-ring (bicyclic) bond motifs is 1. The van der Waals surface area contributed by atoms with Crippen LogP contribution in [0.4, 0.5) is 4.79 Å². The van der Waals surface area contributed by atoms with E-state index in [-0.39, 0.29) is 5.78 Å². The van der Waals surface area contributed by atoms with Crippen molar-refractivity contribution in [2.75, 3.05) is 7.05 Å². The largest absolute Gasteiger partial charge is 0.464 e. The van der Waals surface area contributed by atoms with E-state index in [0.717, 1.165) is 11.0 Å². The molecule has 0 aliphatic carbocycles. The van der Waals surface area contributed by atoms with Crippen molar-refractivity contribution in [3.63, 3.8) is 0 Å². The summed E-state index contributed by atoms with van der Waals surface area (Å²) >= 11 is 0. The number of carbonyl (C=O) groups excluding carboxylic acids is 2. The van der Waals surface area contributed by atoms with Crippen molar-refractivity contribution in [2.24, 2.45) is 0 Å². The van der Waals surface area contributed by atoms with Gasteiger partial charge < -0.3 is 14.1 Å². The molecule has 118 valence electrons. The quantitative estimate of drug-likeness (QED) is 0.808. The first kappa shape index (κ1) is 16.1. The van der Waals surface area contributed by atoms with Crippen molar-refractivity contribution in [3.8, 4) is 0 Å². The topological polar surface area (TPSA) is 59.8 Å². The zero-order chi connectivity index (χ0) is 16.5. The summed E-state index contributed by atoms with van der Waals surface area (Å²) in [7, 11) is 1.56. The average Bonchev–Trinajstić information content (AvgIpc) is 2.90. The van der Waals surface area contributed by atoms with Gasteiger partial charge in [-0.25, -0.2) is 4.79 Å². The zero-order valence-corrected chi connectivity index (χ0v) is 13.5. The Labute approximate surface area is 129 Å². The maximum Gasteiger partial charge on any atom is 0.410 e. The third kappa shape index (κ3) is 3.47. The average molecular weight is 303 g/mol. The number of hydrogen-bond acceptors (Lipinski definition) is 4. The predicted octanol–water partition coefficient (Wildman–Crippen LogP) is 3.87. The van der Waals surface area contributed by atoms with E-state index in [4.69, 9.17) is 9.15 Å². The smallest absolute Gasteiger partial charge is 0.410 e. The Morgan fingerprint density at radius 2 is 1.91 bits per heavy atom. The fourth-order valence-corrected chi connectivity index (χ4v) is 2.03. The molecule has 2 aromatic rings. The maximum absolute atomic E-state index is 12.5. The molecule has 1 aromatic carbocycles. The minimum atomic E-state index is -0.612. The van der Waals surface area contributed by atoms with Crippen molar-refractivity contribution < 1.29 is 18.7 Å². The lowest BCUT2D eigenvalue weighted by Crippen LogP contribution is -2.43. The molecule has 0 unspecified atom stereocenters. The number of rotatable bonds is 3. The van der Waals surface area contributed by atoms with Gasteiger partial charge >= 0.3 is 6.09 Å². The van der Waals surface area contributed by atoms with Gasteiger partial charge in [0.1, 0.15) is 11.2 Å². The second-order valence-corrected chi connectivity index (χ2v) is 6.30. The van der Waals surface area contributed by atoms with E-state index in [1.165, 1.54) is 4.90 Å². The minimum absolute atomic E-state index is 0.142. The van der Waals surface area contributed by atoms with E-state index in [9.17, 15) is 9.59 Å². The first-order valence-electron chi connectivity index (χ1n) is 7.16. The van der Waals surface area contributed by atoms with Gasteiger partial charge in [0, 0.05) is 18.0 Å². The molecule has 1 aromatic heterocycles. The first-order valence-corrected chi connectivity index (χ1v) is 7.16. The summed E-state index contributed by atoms with van der Waals surface area (Å²) in [4.78, 5) is 25.9. The number of ether oxygens (including phenoxy) is 1. The highest BCUT2D eigenvalue weighted by Gasteiger charge is 2.27. The normalized spacial score (nSPS) is 13.0. The molecule has 5 nitrogen and oxygen atoms in total. The molecule has 2 rings (SSSR count). The fourth-order valence-electron chi connectivity index (χ4n) is 2.03. The van der Waals surface area contributed by atoms with Crippen molar-refractivity contribution in [1.82, 2.24) is 4.90 Å². The van der Waals surface area contributed by atoms with Crippen LogP contribution in [-0.2, 0) is 4.74 Å². The standard InChI is InChI=1S/C17H21NO4/c1-11(18(5)16(20)22-17(2,3)4)15(19)13-6-7-14-12(10-13)8-9-21-14/h6-11H,1-5H3/t11-/m1/s1. The Bertz CT molecular complexity index is 696. The highest BCUT2D eigenvalue weighted by molar-refractivity contribution is 6.03. The molecule has 5 heteroatoms. The molecule has 0 aliphatic rings. The summed E-state index contributed by atoms with van der Waals surface area (Å²) in [5.41, 5.74) is 0.672. The fraction of sp³-hybridized carbons (Fsp3) is 0.412. The number of nitrogens with zero attached hydrogens (tertiary/aromatic N) is 1.